The second kappa shape index (κ2) is 4.66. The minimum Gasteiger partial charge on any atom is -0.382 e. The molecule has 0 unspecified atom stereocenters. The minimum atomic E-state index is -0.663. The third kappa shape index (κ3) is 2.28. The third-order valence-corrected chi connectivity index (χ3v) is 2.77. The Labute approximate surface area is 107 Å². The molecule has 1 aromatic heterocycles. The molecular formula is C11H10ClFN4O. The maximum absolute atomic E-state index is 13.0. The molecule has 1 aromatic carbocycles. The van der Waals surface area contributed by atoms with Gasteiger partial charge in [-0.2, -0.15) is 5.10 Å². The largest absolute Gasteiger partial charge is 0.382 e. The van der Waals surface area contributed by atoms with Crippen LogP contribution in [-0.2, 0) is 6.42 Å². The average molecular weight is 269 g/mol. The summed E-state index contributed by atoms with van der Waals surface area (Å²) in [6, 6.07) is 4.28. The van der Waals surface area contributed by atoms with Gasteiger partial charge in [-0.25, -0.2) is 4.39 Å². The normalized spacial score (nSPS) is 10.6. The first-order chi connectivity index (χ1) is 8.49. The van der Waals surface area contributed by atoms with E-state index in [-0.39, 0.29) is 16.4 Å². The number of nitrogens with one attached hydrogen (secondary N) is 1. The van der Waals surface area contributed by atoms with Crippen LogP contribution < -0.4 is 11.5 Å². The fourth-order valence-corrected chi connectivity index (χ4v) is 1.85. The van der Waals surface area contributed by atoms with Crippen LogP contribution >= 0.6 is 11.6 Å². The summed E-state index contributed by atoms with van der Waals surface area (Å²) in [5, 5.41) is 6.36. The Morgan fingerprint density at radius 3 is 2.83 bits per heavy atom. The Kier molecular flexibility index (Phi) is 3.20. The average Bonchev–Trinajstić information content (AvgIpc) is 2.65. The van der Waals surface area contributed by atoms with E-state index in [9.17, 15) is 9.18 Å². The second-order valence-electron chi connectivity index (χ2n) is 3.75. The van der Waals surface area contributed by atoms with Gasteiger partial charge in [0.25, 0.3) is 5.91 Å². The molecule has 0 saturated carbocycles. The highest BCUT2D eigenvalue weighted by atomic mass is 35.5. The van der Waals surface area contributed by atoms with Gasteiger partial charge < -0.3 is 11.5 Å². The summed E-state index contributed by atoms with van der Waals surface area (Å²) in [6.07, 6.45) is 0.308. The first-order valence-electron chi connectivity index (χ1n) is 5.05. The van der Waals surface area contributed by atoms with Crippen molar-refractivity contribution < 1.29 is 9.18 Å². The lowest BCUT2D eigenvalue weighted by atomic mass is 10.1. The molecule has 0 atom stereocenters. The zero-order chi connectivity index (χ0) is 13.3. The van der Waals surface area contributed by atoms with Crippen molar-refractivity contribution in [3.05, 3.63) is 45.9 Å². The summed E-state index contributed by atoms with van der Waals surface area (Å²) in [7, 11) is 0. The maximum Gasteiger partial charge on any atom is 0.254 e. The van der Waals surface area contributed by atoms with Crippen LogP contribution in [0.2, 0.25) is 5.02 Å². The molecule has 0 radical (unpaired) electrons. The van der Waals surface area contributed by atoms with Crippen LogP contribution in [0.1, 0.15) is 21.6 Å². The van der Waals surface area contributed by atoms with Crippen molar-refractivity contribution in [2.24, 2.45) is 5.73 Å². The summed E-state index contributed by atoms with van der Waals surface area (Å²) in [4.78, 5) is 11.2. The van der Waals surface area contributed by atoms with Crippen LogP contribution in [0.3, 0.4) is 0 Å². The quantitative estimate of drug-likeness (QED) is 0.786. The lowest BCUT2D eigenvalue weighted by Gasteiger charge is -2.02. The monoisotopic (exact) mass is 268 g/mol. The smallest absolute Gasteiger partial charge is 0.254 e. The van der Waals surface area contributed by atoms with E-state index >= 15 is 0 Å². The Morgan fingerprint density at radius 2 is 2.22 bits per heavy atom. The SMILES string of the molecule is NC(=O)c1c(N)n[nH]c1Cc1ccc(F)c(Cl)c1. The van der Waals surface area contributed by atoms with Gasteiger partial charge in [-0.05, 0) is 17.7 Å². The molecule has 5 nitrogen and oxygen atoms in total. The van der Waals surface area contributed by atoms with E-state index in [1.807, 2.05) is 0 Å². The molecule has 1 heterocycles. The van der Waals surface area contributed by atoms with Crippen molar-refractivity contribution >= 4 is 23.3 Å². The number of nitrogen functional groups attached to an aromatic ring is 1. The Hall–Kier alpha value is -2.08. The lowest BCUT2D eigenvalue weighted by Crippen LogP contribution is -2.14. The van der Waals surface area contributed by atoms with Gasteiger partial charge in [-0.15, -0.1) is 0 Å². The summed E-state index contributed by atoms with van der Waals surface area (Å²) < 4.78 is 13.0. The number of anilines is 1. The van der Waals surface area contributed by atoms with Gasteiger partial charge in [0.1, 0.15) is 11.4 Å². The van der Waals surface area contributed by atoms with Crippen molar-refractivity contribution in [3.8, 4) is 0 Å². The van der Waals surface area contributed by atoms with Gasteiger partial charge in [0.2, 0.25) is 0 Å². The lowest BCUT2D eigenvalue weighted by molar-refractivity contribution is 0.100. The Morgan fingerprint density at radius 1 is 1.50 bits per heavy atom. The van der Waals surface area contributed by atoms with E-state index in [4.69, 9.17) is 23.1 Å². The van der Waals surface area contributed by atoms with E-state index in [2.05, 4.69) is 10.2 Å². The molecule has 18 heavy (non-hydrogen) atoms. The number of carbonyl (C=O) groups is 1. The van der Waals surface area contributed by atoms with Gasteiger partial charge in [0, 0.05) is 6.42 Å². The first-order valence-corrected chi connectivity index (χ1v) is 5.43. The van der Waals surface area contributed by atoms with Crippen LogP contribution in [0.25, 0.3) is 0 Å². The molecule has 0 spiro atoms. The highest BCUT2D eigenvalue weighted by Gasteiger charge is 2.16. The first kappa shape index (κ1) is 12.4. The number of aromatic amines is 1. The predicted octanol–water partition coefficient (Wildman–Crippen LogP) is 1.47. The van der Waals surface area contributed by atoms with Crippen molar-refractivity contribution in [3.63, 3.8) is 0 Å². The zero-order valence-corrected chi connectivity index (χ0v) is 9.96. The van der Waals surface area contributed by atoms with Gasteiger partial charge in [0.15, 0.2) is 5.82 Å². The number of amides is 1. The summed E-state index contributed by atoms with van der Waals surface area (Å²) in [5.41, 5.74) is 12.1. The van der Waals surface area contributed by atoms with Gasteiger partial charge in [0.05, 0.1) is 10.7 Å². The Bertz CT molecular complexity index is 611. The number of nitrogens with two attached hydrogens (primary N) is 2. The van der Waals surface area contributed by atoms with Crippen LogP contribution in [0, 0.1) is 5.82 Å². The van der Waals surface area contributed by atoms with Crippen LogP contribution in [0.5, 0.6) is 0 Å². The number of benzene rings is 1. The van der Waals surface area contributed by atoms with E-state index in [0.29, 0.717) is 17.7 Å². The van der Waals surface area contributed by atoms with Crippen LogP contribution in [0.15, 0.2) is 18.2 Å². The number of carbonyl (C=O) groups excluding carboxylic acids is 1. The number of rotatable bonds is 3. The second-order valence-corrected chi connectivity index (χ2v) is 4.16. The van der Waals surface area contributed by atoms with Crippen molar-refractivity contribution in [2.75, 3.05) is 5.73 Å². The number of H-pyrrole nitrogens is 1. The molecule has 0 saturated heterocycles. The molecule has 0 aliphatic carbocycles. The highest BCUT2D eigenvalue weighted by Crippen LogP contribution is 2.20. The number of primary amides is 1. The van der Waals surface area contributed by atoms with E-state index in [1.54, 1.807) is 6.07 Å². The molecule has 7 heteroatoms. The molecular weight excluding hydrogens is 259 g/mol. The molecule has 0 aliphatic rings. The van der Waals surface area contributed by atoms with Gasteiger partial charge >= 0.3 is 0 Å². The minimum absolute atomic E-state index is 0.0145. The Balaban J connectivity index is 2.34. The molecule has 5 N–H and O–H groups in total. The molecule has 0 bridgehead atoms. The van der Waals surface area contributed by atoms with Crippen molar-refractivity contribution in [1.82, 2.24) is 10.2 Å². The molecule has 94 valence electrons. The number of halogens is 2. The number of aromatic nitrogens is 2. The molecule has 2 aromatic rings. The predicted molar refractivity (Wildman–Crippen MR) is 65.7 cm³/mol. The van der Waals surface area contributed by atoms with Crippen LogP contribution in [0.4, 0.5) is 10.2 Å². The fraction of sp³-hybridized carbons (Fsp3) is 0.0909. The maximum atomic E-state index is 13.0. The number of nitrogens with zero attached hydrogens (tertiary/aromatic N) is 1. The van der Waals surface area contributed by atoms with Gasteiger partial charge in [-0.1, -0.05) is 17.7 Å². The summed E-state index contributed by atoms with van der Waals surface area (Å²) >= 11 is 5.67. The zero-order valence-electron chi connectivity index (χ0n) is 9.21. The third-order valence-electron chi connectivity index (χ3n) is 2.48. The molecule has 0 aliphatic heterocycles. The number of hydrogen-bond donors (Lipinski definition) is 3. The van der Waals surface area contributed by atoms with E-state index in [0.717, 1.165) is 0 Å². The van der Waals surface area contributed by atoms with Crippen molar-refractivity contribution in [2.45, 2.75) is 6.42 Å². The highest BCUT2D eigenvalue weighted by molar-refractivity contribution is 6.30. The molecule has 2 rings (SSSR count). The van der Waals surface area contributed by atoms with E-state index < -0.39 is 11.7 Å². The molecule has 1 amide bonds. The summed E-state index contributed by atoms with van der Waals surface area (Å²) in [6.45, 7) is 0. The molecule has 0 fully saturated rings. The standard InChI is InChI=1S/C11H10ClFN4O/c12-6-3-5(1-2-7(6)13)4-8-9(11(15)18)10(14)17-16-8/h1-3H,4H2,(H2,15,18)(H3,14,16,17). The van der Waals surface area contributed by atoms with E-state index in [1.165, 1.54) is 12.1 Å². The topological polar surface area (TPSA) is 97.8 Å². The number of hydrogen-bond acceptors (Lipinski definition) is 3. The summed E-state index contributed by atoms with van der Waals surface area (Å²) in [5.74, 6) is -1.12. The van der Waals surface area contributed by atoms with Gasteiger partial charge in [-0.3, -0.25) is 9.89 Å². The van der Waals surface area contributed by atoms with Crippen molar-refractivity contribution in [1.29, 1.82) is 0 Å². The fourth-order valence-electron chi connectivity index (χ4n) is 1.65. The van der Waals surface area contributed by atoms with Crippen LogP contribution in [-0.4, -0.2) is 16.1 Å².